The summed E-state index contributed by atoms with van der Waals surface area (Å²) in [5.41, 5.74) is 13.8. The third-order valence-electron chi connectivity index (χ3n) is 7.68. The molecule has 1 unspecified atom stereocenters. The van der Waals surface area contributed by atoms with E-state index in [4.69, 9.17) is 16.2 Å². The van der Waals surface area contributed by atoms with Gasteiger partial charge in [0.15, 0.2) is 0 Å². The first-order valence-corrected chi connectivity index (χ1v) is 12.8. The molecule has 6 rings (SSSR count). The number of aromatic nitrogens is 1. The summed E-state index contributed by atoms with van der Waals surface area (Å²) in [6, 6.07) is 7.98. The Kier molecular flexibility index (Phi) is 5.34. The van der Waals surface area contributed by atoms with E-state index in [9.17, 15) is 18.0 Å². The molecule has 11 heteroatoms. The van der Waals surface area contributed by atoms with E-state index >= 15 is 0 Å². The second-order valence-electron chi connectivity index (χ2n) is 10.1. The maximum atomic E-state index is 13.0. The van der Waals surface area contributed by atoms with Gasteiger partial charge in [0.1, 0.15) is 27.8 Å². The number of thiophene rings is 1. The predicted molar refractivity (Wildman–Crippen MR) is 132 cm³/mol. The van der Waals surface area contributed by atoms with Crippen LogP contribution in [-0.2, 0) is 12.6 Å². The second-order valence-corrected chi connectivity index (χ2v) is 11.1. The Hall–Kier alpha value is -3.05. The molecule has 1 amide bonds. The Labute approximate surface area is 209 Å². The van der Waals surface area contributed by atoms with Gasteiger partial charge >= 0.3 is 6.18 Å². The molecule has 2 aromatic heterocycles. The number of hydrogen-bond donors (Lipinski definition) is 3. The minimum Gasteiger partial charge on any atom is -0.491 e. The van der Waals surface area contributed by atoms with Gasteiger partial charge in [0.05, 0.1) is 11.7 Å². The molecule has 0 radical (unpaired) electrons. The Morgan fingerprint density at radius 1 is 1.28 bits per heavy atom. The van der Waals surface area contributed by atoms with Crippen LogP contribution in [0.25, 0.3) is 10.2 Å². The average Bonchev–Trinajstić information content (AvgIpc) is 3.47. The zero-order chi connectivity index (χ0) is 25.2. The molecule has 3 aromatic rings. The van der Waals surface area contributed by atoms with Gasteiger partial charge < -0.3 is 26.4 Å². The molecule has 5 N–H and O–H groups in total. The zero-order valence-electron chi connectivity index (χ0n) is 19.4. The summed E-state index contributed by atoms with van der Waals surface area (Å²) >= 11 is 0.854. The van der Waals surface area contributed by atoms with Crippen molar-refractivity contribution in [3.8, 4) is 5.75 Å². The first-order valence-electron chi connectivity index (χ1n) is 12.0. The average molecular weight is 518 g/mol. The van der Waals surface area contributed by atoms with Gasteiger partial charge in [-0.3, -0.25) is 4.79 Å². The number of carbonyl (C=O) groups is 1. The molecule has 36 heavy (non-hydrogen) atoms. The lowest BCUT2D eigenvalue weighted by molar-refractivity contribution is -0.140. The van der Waals surface area contributed by atoms with Crippen molar-refractivity contribution in [1.82, 2.24) is 10.3 Å². The summed E-state index contributed by atoms with van der Waals surface area (Å²) < 4.78 is 45.0. The van der Waals surface area contributed by atoms with Gasteiger partial charge in [-0.05, 0) is 48.9 Å². The first kappa shape index (κ1) is 23.4. The number of ether oxygens (including phenoxy) is 1. The fourth-order valence-electron chi connectivity index (χ4n) is 5.76. The second kappa shape index (κ2) is 8.24. The van der Waals surface area contributed by atoms with E-state index in [1.807, 2.05) is 12.1 Å². The van der Waals surface area contributed by atoms with Crippen LogP contribution in [0.1, 0.15) is 40.2 Å². The highest BCUT2D eigenvalue weighted by Gasteiger charge is 2.46. The minimum absolute atomic E-state index is 0.0792. The number of benzene rings is 1. The van der Waals surface area contributed by atoms with E-state index < -0.39 is 17.8 Å². The lowest BCUT2D eigenvalue weighted by Crippen LogP contribution is -2.44. The van der Waals surface area contributed by atoms with Gasteiger partial charge in [0, 0.05) is 35.8 Å². The molecule has 3 atom stereocenters. The van der Waals surface area contributed by atoms with Gasteiger partial charge in [0.25, 0.3) is 5.91 Å². The molecule has 1 saturated heterocycles. The largest absolute Gasteiger partial charge is 0.491 e. The highest BCUT2D eigenvalue weighted by atomic mass is 32.1. The van der Waals surface area contributed by atoms with E-state index in [1.54, 1.807) is 0 Å². The number of amides is 1. The van der Waals surface area contributed by atoms with Crippen LogP contribution in [-0.4, -0.2) is 42.2 Å². The highest BCUT2D eigenvalue weighted by molar-refractivity contribution is 7.21. The van der Waals surface area contributed by atoms with Crippen molar-refractivity contribution < 1.29 is 22.7 Å². The van der Waals surface area contributed by atoms with Crippen molar-refractivity contribution in [2.45, 2.75) is 43.4 Å². The van der Waals surface area contributed by atoms with Gasteiger partial charge in [0.2, 0.25) is 0 Å². The SMILES string of the molecule is Nc1c(C(=O)N[C@H]2COc3cc(N4CC5CCC[C@@]5(N)C4)ccc3C2)sc2nc(C(F)(F)F)ccc12. The number of alkyl halides is 3. The topological polar surface area (TPSA) is 106 Å². The Morgan fingerprint density at radius 2 is 2.11 bits per heavy atom. The van der Waals surface area contributed by atoms with E-state index in [0.717, 1.165) is 53.9 Å². The Morgan fingerprint density at radius 3 is 2.89 bits per heavy atom. The molecule has 4 heterocycles. The third kappa shape index (κ3) is 3.94. The lowest BCUT2D eigenvalue weighted by Gasteiger charge is -2.28. The molecule has 0 spiro atoms. The number of nitrogens with two attached hydrogens (primary N) is 2. The summed E-state index contributed by atoms with van der Waals surface area (Å²) in [4.78, 5) is 19.2. The fraction of sp³-hybridized carbons (Fsp3) is 0.440. The normalized spacial score (nSPS) is 25.5. The maximum Gasteiger partial charge on any atom is 0.433 e. The number of rotatable bonds is 3. The maximum absolute atomic E-state index is 13.0. The van der Waals surface area contributed by atoms with Crippen LogP contribution in [0.4, 0.5) is 24.5 Å². The highest BCUT2D eigenvalue weighted by Crippen LogP contribution is 2.42. The molecule has 2 fully saturated rings. The zero-order valence-corrected chi connectivity index (χ0v) is 20.2. The van der Waals surface area contributed by atoms with Gasteiger partial charge in [-0.2, -0.15) is 13.2 Å². The number of nitrogens with zero attached hydrogens (tertiary/aromatic N) is 2. The molecule has 190 valence electrons. The molecular weight excluding hydrogens is 491 g/mol. The molecular formula is C25H26F3N5O2S. The van der Waals surface area contributed by atoms with Crippen LogP contribution in [0.2, 0.25) is 0 Å². The number of fused-ring (bicyclic) bond motifs is 3. The van der Waals surface area contributed by atoms with Crippen molar-refractivity contribution in [3.05, 3.63) is 46.5 Å². The first-order chi connectivity index (χ1) is 17.1. The number of halogens is 3. The van der Waals surface area contributed by atoms with Gasteiger partial charge in [-0.25, -0.2) is 4.98 Å². The third-order valence-corrected chi connectivity index (χ3v) is 8.80. The monoisotopic (exact) mass is 517 g/mol. The van der Waals surface area contributed by atoms with Crippen LogP contribution in [0.3, 0.4) is 0 Å². The van der Waals surface area contributed by atoms with Crippen molar-refractivity contribution >= 4 is 38.8 Å². The number of pyridine rings is 1. The molecule has 1 aromatic carbocycles. The standard InChI is InChI=1S/C25H26F3N5O2S/c26-25(27,28)19-6-5-17-20(29)21(36-23(17)32-19)22(34)31-15-8-13-3-4-16(9-18(13)35-11-15)33-10-14-2-1-7-24(14,30)12-33/h3-6,9,14-15H,1-2,7-8,10-12,29-30H2,(H,31,34)/t14?,15-,24-/m1/s1. The van der Waals surface area contributed by atoms with E-state index in [-0.39, 0.29) is 33.6 Å². The van der Waals surface area contributed by atoms with Crippen molar-refractivity contribution in [1.29, 1.82) is 0 Å². The van der Waals surface area contributed by atoms with Crippen LogP contribution >= 0.6 is 11.3 Å². The number of nitrogens with one attached hydrogen (secondary N) is 1. The van der Waals surface area contributed by atoms with E-state index in [2.05, 4.69) is 21.3 Å². The molecule has 0 bridgehead atoms. The molecule has 3 aliphatic rings. The van der Waals surface area contributed by atoms with Crippen LogP contribution in [0.5, 0.6) is 5.75 Å². The fourth-order valence-corrected chi connectivity index (χ4v) is 6.75. The molecule has 1 saturated carbocycles. The van der Waals surface area contributed by atoms with E-state index in [1.165, 1.54) is 18.9 Å². The molecule has 7 nitrogen and oxygen atoms in total. The quantitative estimate of drug-likeness (QED) is 0.486. The summed E-state index contributed by atoms with van der Waals surface area (Å²) in [6.45, 7) is 2.10. The molecule has 1 aliphatic carbocycles. The lowest BCUT2D eigenvalue weighted by atomic mass is 9.92. The summed E-state index contributed by atoms with van der Waals surface area (Å²) in [5, 5.41) is 3.25. The van der Waals surface area contributed by atoms with E-state index in [0.29, 0.717) is 17.7 Å². The number of nitrogen functional groups attached to an aromatic ring is 1. The Bertz CT molecular complexity index is 1360. The number of anilines is 2. The van der Waals surface area contributed by atoms with Crippen molar-refractivity contribution in [2.75, 3.05) is 30.3 Å². The molecule has 2 aliphatic heterocycles. The Balaban J connectivity index is 1.15. The number of hydrogen-bond acceptors (Lipinski definition) is 7. The minimum atomic E-state index is -4.57. The van der Waals surface area contributed by atoms with Crippen LogP contribution in [0, 0.1) is 5.92 Å². The summed E-state index contributed by atoms with van der Waals surface area (Å²) in [5.74, 6) is 0.881. The van der Waals surface area contributed by atoms with Gasteiger partial charge in [-0.15, -0.1) is 11.3 Å². The summed E-state index contributed by atoms with van der Waals surface area (Å²) in [6.07, 6.45) is -0.540. The van der Waals surface area contributed by atoms with Crippen LogP contribution < -0.4 is 26.4 Å². The predicted octanol–water partition coefficient (Wildman–Crippen LogP) is 3.95. The van der Waals surface area contributed by atoms with Gasteiger partial charge in [-0.1, -0.05) is 12.5 Å². The van der Waals surface area contributed by atoms with Crippen molar-refractivity contribution in [2.24, 2.45) is 11.7 Å². The number of carbonyl (C=O) groups excluding carboxylic acids is 1. The van der Waals surface area contributed by atoms with Crippen LogP contribution in [0.15, 0.2) is 30.3 Å². The summed E-state index contributed by atoms with van der Waals surface area (Å²) in [7, 11) is 0. The smallest absolute Gasteiger partial charge is 0.433 e. The van der Waals surface area contributed by atoms with Crippen molar-refractivity contribution in [3.63, 3.8) is 0 Å².